The van der Waals surface area contributed by atoms with E-state index in [1.165, 1.54) is 29.7 Å². The molecule has 20 heavy (non-hydrogen) atoms. The standard InChI is InChI=1S/C16H20N4/c17-7-10-20-8-5-13(6-9-20)11-16-15-4-2-1-3-14(15)12-18-19-16/h1-4,13,18H,5-6,8-12H2. The van der Waals surface area contributed by atoms with Crippen LogP contribution < -0.4 is 5.43 Å². The second kappa shape index (κ2) is 6.06. The topological polar surface area (TPSA) is 51.4 Å². The number of rotatable bonds is 3. The molecule has 0 spiro atoms. The molecule has 0 bridgehead atoms. The summed E-state index contributed by atoms with van der Waals surface area (Å²) in [7, 11) is 0. The highest BCUT2D eigenvalue weighted by atomic mass is 15.3. The van der Waals surface area contributed by atoms with Gasteiger partial charge in [0.25, 0.3) is 0 Å². The van der Waals surface area contributed by atoms with Crippen LogP contribution in [0.3, 0.4) is 0 Å². The molecule has 1 N–H and O–H groups in total. The monoisotopic (exact) mass is 268 g/mol. The summed E-state index contributed by atoms with van der Waals surface area (Å²) in [6, 6.07) is 10.8. The summed E-state index contributed by atoms with van der Waals surface area (Å²) in [6.07, 6.45) is 3.39. The first-order valence-electron chi connectivity index (χ1n) is 7.34. The van der Waals surface area contributed by atoms with Gasteiger partial charge >= 0.3 is 0 Å². The number of hydrogen-bond acceptors (Lipinski definition) is 4. The van der Waals surface area contributed by atoms with E-state index in [1.807, 2.05) is 0 Å². The molecule has 4 heteroatoms. The molecule has 1 saturated heterocycles. The number of nitrogens with one attached hydrogen (secondary N) is 1. The van der Waals surface area contributed by atoms with Crippen LogP contribution in [-0.4, -0.2) is 30.2 Å². The predicted molar refractivity (Wildman–Crippen MR) is 79.2 cm³/mol. The third kappa shape index (κ3) is 2.83. The van der Waals surface area contributed by atoms with E-state index in [0.29, 0.717) is 12.5 Å². The smallest absolute Gasteiger partial charge is 0.0865 e. The van der Waals surface area contributed by atoms with Gasteiger partial charge in [-0.25, -0.2) is 0 Å². The van der Waals surface area contributed by atoms with Gasteiger partial charge in [-0.15, -0.1) is 0 Å². The minimum atomic E-state index is 0.568. The Labute approximate surface area is 120 Å². The molecule has 4 nitrogen and oxygen atoms in total. The molecule has 2 aliphatic rings. The normalized spacial score (nSPS) is 19.6. The summed E-state index contributed by atoms with van der Waals surface area (Å²) in [4.78, 5) is 2.24. The summed E-state index contributed by atoms with van der Waals surface area (Å²) in [6.45, 7) is 3.49. The van der Waals surface area contributed by atoms with E-state index in [9.17, 15) is 0 Å². The lowest BCUT2D eigenvalue weighted by molar-refractivity contribution is 0.206. The quantitative estimate of drug-likeness (QED) is 0.854. The first-order valence-corrected chi connectivity index (χ1v) is 7.34. The predicted octanol–water partition coefficient (Wildman–Crippen LogP) is 2.12. The van der Waals surface area contributed by atoms with Crippen molar-refractivity contribution >= 4 is 5.71 Å². The highest BCUT2D eigenvalue weighted by Crippen LogP contribution is 2.25. The Bertz CT molecular complexity index is 536. The molecule has 1 aromatic rings. The van der Waals surface area contributed by atoms with E-state index in [1.54, 1.807) is 0 Å². The van der Waals surface area contributed by atoms with Gasteiger partial charge in [-0.05, 0) is 43.8 Å². The van der Waals surface area contributed by atoms with Crippen molar-refractivity contribution in [1.82, 2.24) is 10.3 Å². The molecule has 0 atom stereocenters. The molecule has 104 valence electrons. The molecule has 0 amide bonds. The van der Waals surface area contributed by atoms with Crippen LogP contribution in [0.1, 0.15) is 30.4 Å². The zero-order valence-corrected chi connectivity index (χ0v) is 11.7. The summed E-state index contributed by atoms with van der Waals surface area (Å²) in [5.74, 6) is 0.691. The van der Waals surface area contributed by atoms with Crippen molar-refractivity contribution in [3.63, 3.8) is 0 Å². The molecule has 0 radical (unpaired) electrons. The molecule has 1 fully saturated rings. The van der Waals surface area contributed by atoms with Crippen molar-refractivity contribution in [2.24, 2.45) is 11.0 Å². The lowest BCUT2D eigenvalue weighted by atomic mass is 9.88. The van der Waals surface area contributed by atoms with Crippen molar-refractivity contribution < 1.29 is 0 Å². The van der Waals surface area contributed by atoms with Crippen LogP contribution in [0.15, 0.2) is 29.4 Å². The molecule has 3 rings (SSSR count). The minimum absolute atomic E-state index is 0.568. The molecule has 0 saturated carbocycles. The Hall–Kier alpha value is -1.86. The highest BCUT2D eigenvalue weighted by Gasteiger charge is 2.22. The number of nitrogens with zero attached hydrogens (tertiary/aromatic N) is 3. The number of hydrazone groups is 1. The van der Waals surface area contributed by atoms with E-state index >= 15 is 0 Å². The SMILES string of the molecule is N#CCN1CCC(CC2=NNCc3ccccc32)CC1. The van der Waals surface area contributed by atoms with Gasteiger partial charge in [-0.1, -0.05) is 24.3 Å². The minimum Gasteiger partial charge on any atom is -0.305 e. The Kier molecular flexibility index (Phi) is 3.98. The van der Waals surface area contributed by atoms with Crippen molar-refractivity contribution in [3.05, 3.63) is 35.4 Å². The molecule has 1 aromatic carbocycles. The van der Waals surface area contributed by atoms with Crippen LogP contribution in [0.25, 0.3) is 0 Å². The fourth-order valence-corrected chi connectivity index (χ4v) is 3.11. The van der Waals surface area contributed by atoms with Gasteiger partial charge in [0.1, 0.15) is 0 Å². The summed E-state index contributed by atoms with van der Waals surface area (Å²) >= 11 is 0. The second-order valence-electron chi connectivity index (χ2n) is 5.63. The van der Waals surface area contributed by atoms with E-state index in [-0.39, 0.29) is 0 Å². The Morgan fingerprint density at radius 1 is 1.30 bits per heavy atom. The molecular formula is C16H20N4. The molecule has 0 aliphatic carbocycles. The average molecular weight is 268 g/mol. The fraction of sp³-hybridized carbons (Fsp3) is 0.500. The van der Waals surface area contributed by atoms with E-state index in [2.05, 4.69) is 45.8 Å². The van der Waals surface area contributed by atoms with E-state index in [4.69, 9.17) is 5.26 Å². The van der Waals surface area contributed by atoms with Crippen LogP contribution in [0.5, 0.6) is 0 Å². The van der Waals surface area contributed by atoms with Crippen molar-refractivity contribution in [3.8, 4) is 6.07 Å². The number of piperidine rings is 1. The molecule has 0 aromatic heterocycles. The van der Waals surface area contributed by atoms with Gasteiger partial charge in [0.15, 0.2) is 0 Å². The van der Waals surface area contributed by atoms with Gasteiger partial charge in [0, 0.05) is 5.56 Å². The van der Waals surface area contributed by atoms with Gasteiger partial charge in [0.05, 0.1) is 24.9 Å². The van der Waals surface area contributed by atoms with Crippen molar-refractivity contribution in [2.45, 2.75) is 25.8 Å². The van der Waals surface area contributed by atoms with Crippen molar-refractivity contribution in [1.29, 1.82) is 5.26 Å². The Morgan fingerprint density at radius 3 is 2.90 bits per heavy atom. The maximum Gasteiger partial charge on any atom is 0.0865 e. The zero-order valence-electron chi connectivity index (χ0n) is 11.7. The first-order chi connectivity index (χ1) is 9.86. The lowest BCUT2D eigenvalue weighted by Crippen LogP contribution is -2.35. The maximum absolute atomic E-state index is 8.74. The molecule has 2 heterocycles. The molecule has 0 unspecified atom stereocenters. The Balaban J connectivity index is 1.62. The second-order valence-corrected chi connectivity index (χ2v) is 5.63. The molecular weight excluding hydrogens is 248 g/mol. The summed E-state index contributed by atoms with van der Waals surface area (Å²) < 4.78 is 0. The Morgan fingerprint density at radius 2 is 2.10 bits per heavy atom. The van der Waals surface area contributed by atoms with E-state index < -0.39 is 0 Å². The summed E-state index contributed by atoms with van der Waals surface area (Å²) in [5, 5.41) is 13.3. The highest BCUT2D eigenvalue weighted by molar-refractivity contribution is 6.02. The van der Waals surface area contributed by atoms with Crippen molar-refractivity contribution in [2.75, 3.05) is 19.6 Å². The third-order valence-corrected chi connectivity index (χ3v) is 4.30. The van der Waals surface area contributed by atoms with Crippen LogP contribution in [-0.2, 0) is 6.54 Å². The average Bonchev–Trinajstić information content (AvgIpc) is 2.50. The maximum atomic E-state index is 8.74. The number of hydrogen-bond donors (Lipinski definition) is 1. The summed E-state index contributed by atoms with van der Waals surface area (Å²) in [5.41, 5.74) is 7.00. The third-order valence-electron chi connectivity index (χ3n) is 4.30. The van der Waals surface area contributed by atoms with Crippen LogP contribution in [0.2, 0.25) is 0 Å². The van der Waals surface area contributed by atoms with E-state index in [0.717, 1.165) is 26.1 Å². The zero-order chi connectivity index (χ0) is 13.8. The molecule has 2 aliphatic heterocycles. The number of likely N-dealkylation sites (tertiary alicyclic amines) is 1. The number of nitriles is 1. The van der Waals surface area contributed by atoms with Crippen LogP contribution in [0.4, 0.5) is 0 Å². The lowest BCUT2D eigenvalue weighted by Gasteiger charge is -2.31. The van der Waals surface area contributed by atoms with Gasteiger partial charge in [-0.3, -0.25) is 4.90 Å². The number of benzene rings is 1. The van der Waals surface area contributed by atoms with Crippen LogP contribution in [0, 0.1) is 17.2 Å². The largest absolute Gasteiger partial charge is 0.305 e. The first kappa shape index (κ1) is 13.1. The van der Waals surface area contributed by atoms with Gasteiger partial charge in [0.2, 0.25) is 0 Å². The van der Waals surface area contributed by atoms with Crippen LogP contribution >= 0.6 is 0 Å². The fourth-order valence-electron chi connectivity index (χ4n) is 3.11. The van der Waals surface area contributed by atoms with Gasteiger partial charge < -0.3 is 5.43 Å². The number of fused-ring (bicyclic) bond motifs is 1. The van der Waals surface area contributed by atoms with Gasteiger partial charge in [-0.2, -0.15) is 10.4 Å².